The van der Waals surface area contributed by atoms with Gasteiger partial charge in [0.05, 0.1) is 12.1 Å². The summed E-state index contributed by atoms with van der Waals surface area (Å²) in [4.78, 5) is 33.3. The van der Waals surface area contributed by atoms with Gasteiger partial charge < -0.3 is 29.2 Å². The number of halogens is 1. The van der Waals surface area contributed by atoms with Crippen LogP contribution in [0.3, 0.4) is 0 Å². The van der Waals surface area contributed by atoms with E-state index < -0.39 is 28.7 Å². The smallest absolute Gasteiger partial charge is 0.407 e. The summed E-state index contributed by atoms with van der Waals surface area (Å²) < 4.78 is 41.4. The number of hydrogen-bond acceptors (Lipinski definition) is 7. The van der Waals surface area contributed by atoms with Crippen LogP contribution in [0.2, 0.25) is 0 Å². The van der Waals surface area contributed by atoms with Crippen molar-refractivity contribution in [3.05, 3.63) is 81.3 Å². The molecular formula is C40H48FN3O6. The zero-order valence-corrected chi connectivity index (χ0v) is 30.2. The molecule has 10 heteroatoms. The zero-order chi connectivity index (χ0) is 35.6. The van der Waals surface area contributed by atoms with Gasteiger partial charge in [-0.2, -0.15) is 0 Å². The highest BCUT2D eigenvalue weighted by Gasteiger charge is 2.57. The van der Waals surface area contributed by atoms with E-state index in [9.17, 15) is 9.59 Å². The van der Waals surface area contributed by atoms with Gasteiger partial charge in [-0.25, -0.2) is 14.2 Å². The molecule has 266 valence electrons. The number of alkyl carbamates (subject to hydrolysis) is 1. The van der Waals surface area contributed by atoms with Crippen LogP contribution in [0.25, 0.3) is 0 Å². The molecule has 3 heterocycles. The Kier molecular flexibility index (Phi) is 8.50. The van der Waals surface area contributed by atoms with E-state index in [1.807, 2.05) is 89.8 Å². The highest BCUT2D eigenvalue weighted by Crippen LogP contribution is 2.59. The summed E-state index contributed by atoms with van der Waals surface area (Å²) in [7, 11) is 0. The summed E-state index contributed by atoms with van der Waals surface area (Å²) in [6, 6.07) is 11.9. The van der Waals surface area contributed by atoms with Crippen LogP contribution < -0.4 is 19.5 Å². The van der Waals surface area contributed by atoms with E-state index in [1.54, 1.807) is 0 Å². The quantitative estimate of drug-likeness (QED) is 0.269. The normalized spacial score (nSPS) is 23.4. The monoisotopic (exact) mass is 685 g/mol. The Morgan fingerprint density at radius 3 is 2.40 bits per heavy atom. The molecule has 1 aromatic heterocycles. The molecule has 1 N–H and O–H groups in total. The topological polar surface area (TPSA) is 99.2 Å². The third-order valence-electron chi connectivity index (χ3n) is 10.8. The first-order chi connectivity index (χ1) is 23.7. The van der Waals surface area contributed by atoms with Crippen LogP contribution in [-0.2, 0) is 23.3 Å². The Balaban J connectivity index is 1.12. The maximum absolute atomic E-state index is 16.7. The lowest BCUT2D eigenvalue weighted by Gasteiger charge is -2.37. The molecule has 2 aromatic carbocycles. The number of aryl methyl sites for hydroxylation is 2. The highest BCUT2D eigenvalue weighted by atomic mass is 19.1. The number of aromatic nitrogens is 1. The lowest BCUT2D eigenvalue weighted by molar-refractivity contribution is -0.122. The number of nitrogens with one attached hydrogen (secondary N) is 1. The Morgan fingerprint density at radius 1 is 1.06 bits per heavy atom. The second-order valence-corrected chi connectivity index (χ2v) is 15.8. The Hall–Kier alpha value is -4.34. The van der Waals surface area contributed by atoms with Gasteiger partial charge in [0, 0.05) is 53.2 Å². The number of pyridine rings is 1. The molecule has 2 amide bonds. The summed E-state index contributed by atoms with van der Waals surface area (Å²) in [6.45, 7) is 14.2. The predicted molar refractivity (Wildman–Crippen MR) is 186 cm³/mol. The van der Waals surface area contributed by atoms with Crippen LogP contribution in [0.1, 0.15) is 110 Å². The van der Waals surface area contributed by atoms with E-state index in [0.717, 1.165) is 60.9 Å². The Labute approximate surface area is 293 Å². The first-order valence-electron chi connectivity index (χ1n) is 17.8. The van der Waals surface area contributed by atoms with Crippen molar-refractivity contribution in [2.75, 3.05) is 6.54 Å². The largest absolute Gasteiger partial charge is 0.473 e. The third kappa shape index (κ3) is 6.37. The standard InChI is InChI=1S/C40H48FN3O6/c1-23-19-24(2)42-35(47-21-26-11-9-8-10-12-26)29(23)20-44-22-40(17-18-40)31-30(36(44)45)25(3)33-34(32(31)41)49-39(7,48-33)27-13-15-28(16-14-27)43-37(46)50-38(4,5)6/h8-12,19,27-28H,13-18,20-22H2,1-7H3,(H,43,46). The van der Waals surface area contributed by atoms with Gasteiger partial charge >= 0.3 is 6.09 Å². The summed E-state index contributed by atoms with van der Waals surface area (Å²) in [5, 5.41) is 2.98. The molecule has 4 aliphatic rings. The van der Waals surface area contributed by atoms with Gasteiger partial charge in [-0.3, -0.25) is 4.79 Å². The van der Waals surface area contributed by atoms with E-state index in [2.05, 4.69) is 5.32 Å². The first kappa shape index (κ1) is 34.1. The molecule has 1 spiro atoms. The van der Waals surface area contributed by atoms with Crippen molar-refractivity contribution < 1.29 is 32.9 Å². The minimum Gasteiger partial charge on any atom is -0.473 e. The van der Waals surface area contributed by atoms with Crippen molar-refractivity contribution in [1.82, 2.24) is 15.2 Å². The maximum atomic E-state index is 16.7. The average molecular weight is 686 g/mol. The summed E-state index contributed by atoms with van der Waals surface area (Å²) >= 11 is 0. The van der Waals surface area contributed by atoms with E-state index in [0.29, 0.717) is 48.0 Å². The van der Waals surface area contributed by atoms with Crippen molar-refractivity contribution >= 4 is 12.0 Å². The van der Waals surface area contributed by atoms with Crippen molar-refractivity contribution in [2.24, 2.45) is 5.92 Å². The molecule has 9 nitrogen and oxygen atoms in total. The highest BCUT2D eigenvalue weighted by molar-refractivity contribution is 6.00. The average Bonchev–Trinajstić information content (AvgIpc) is 3.72. The van der Waals surface area contributed by atoms with Crippen molar-refractivity contribution in [3.8, 4) is 17.4 Å². The fraction of sp³-hybridized carbons (Fsp3) is 0.525. The lowest BCUT2D eigenvalue weighted by atomic mass is 9.81. The number of carbonyl (C=O) groups is 2. The molecule has 7 rings (SSSR count). The number of ether oxygens (including phenoxy) is 4. The molecule has 0 saturated heterocycles. The molecule has 1 unspecified atom stereocenters. The summed E-state index contributed by atoms with van der Waals surface area (Å²) in [5.41, 5.74) is 4.12. The molecule has 2 aliphatic carbocycles. The molecule has 50 heavy (non-hydrogen) atoms. The van der Waals surface area contributed by atoms with Gasteiger partial charge in [-0.15, -0.1) is 0 Å². The minimum atomic E-state index is -1.09. The Morgan fingerprint density at radius 2 is 1.74 bits per heavy atom. The number of nitrogens with zero attached hydrogens (tertiary/aromatic N) is 2. The van der Waals surface area contributed by atoms with E-state index in [-0.39, 0.29) is 23.6 Å². The molecule has 1 atom stereocenters. The van der Waals surface area contributed by atoms with Crippen LogP contribution in [0.4, 0.5) is 9.18 Å². The molecule has 2 fully saturated rings. The lowest BCUT2D eigenvalue weighted by Crippen LogP contribution is -2.48. The molecule has 0 bridgehead atoms. The minimum absolute atomic E-state index is 0.0192. The van der Waals surface area contributed by atoms with E-state index >= 15 is 4.39 Å². The second kappa shape index (κ2) is 12.5. The first-order valence-corrected chi connectivity index (χ1v) is 17.8. The number of rotatable bonds is 7. The van der Waals surface area contributed by atoms with E-state index in [1.165, 1.54) is 0 Å². The van der Waals surface area contributed by atoms with Gasteiger partial charge in [0.1, 0.15) is 12.2 Å². The van der Waals surface area contributed by atoms with E-state index in [4.69, 9.17) is 23.9 Å². The van der Waals surface area contributed by atoms with Gasteiger partial charge in [0.2, 0.25) is 11.6 Å². The maximum Gasteiger partial charge on any atom is 0.407 e. The van der Waals surface area contributed by atoms with Crippen LogP contribution in [-0.4, -0.2) is 45.9 Å². The van der Waals surface area contributed by atoms with Crippen LogP contribution in [0.15, 0.2) is 36.4 Å². The number of fused-ring (bicyclic) bond motifs is 3. The zero-order valence-electron chi connectivity index (χ0n) is 30.2. The molecule has 2 saturated carbocycles. The van der Waals surface area contributed by atoms with Crippen LogP contribution in [0.5, 0.6) is 17.4 Å². The van der Waals surface area contributed by atoms with Crippen molar-refractivity contribution in [2.45, 2.75) is 123 Å². The van der Waals surface area contributed by atoms with Gasteiger partial charge in [0.25, 0.3) is 11.7 Å². The second-order valence-electron chi connectivity index (χ2n) is 15.8. The molecule has 0 radical (unpaired) electrons. The molecule has 2 aliphatic heterocycles. The number of carbonyl (C=O) groups excluding carboxylic acids is 2. The number of benzene rings is 2. The SMILES string of the molecule is Cc1cc(C)c(CN2CC3(CC3)c3c(F)c4c(c(C)c3C2=O)OC(C)(C2CCC(NC(=O)OC(C)(C)C)CC2)O4)c(OCc2ccccc2)n1. The molecule has 3 aromatic rings. The Bertz CT molecular complexity index is 1830. The number of hydrogen-bond donors (Lipinski definition) is 1. The predicted octanol–water partition coefficient (Wildman–Crippen LogP) is 7.98. The third-order valence-corrected chi connectivity index (χ3v) is 10.8. The summed E-state index contributed by atoms with van der Waals surface area (Å²) in [5.74, 6) is -0.897. The molecular weight excluding hydrogens is 637 g/mol. The summed E-state index contributed by atoms with van der Waals surface area (Å²) in [6.07, 6.45) is 4.04. The van der Waals surface area contributed by atoms with Crippen LogP contribution >= 0.6 is 0 Å². The number of amides is 2. The van der Waals surface area contributed by atoms with Gasteiger partial charge in [-0.05, 0) is 97.3 Å². The van der Waals surface area contributed by atoms with Crippen LogP contribution in [0, 0.1) is 32.5 Å². The van der Waals surface area contributed by atoms with Crippen molar-refractivity contribution in [1.29, 1.82) is 0 Å². The van der Waals surface area contributed by atoms with Crippen molar-refractivity contribution in [3.63, 3.8) is 0 Å². The fourth-order valence-corrected chi connectivity index (χ4v) is 8.02. The van der Waals surface area contributed by atoms with Gasteiger partial charge in [-0.1, -0.05) is 30.3 Å². The fourth-order valence-electron chi connectivity index (χ4n) is 8.02. The van der Waals surface area contributed by atoms with Gasteiger partial charge in [0.15, 0.2) is 11.6 Å².